The van der Waals surface area contributed by atoms with Crippen LogP contribution in [0.5, 0.6) is 0 Å². The standard InChI is InChI=1S/C11H22O3/c1-5-6-7-8-9(2)14-10(12)11(3,4)13/h9,13H,5-8H2,1-4H3. The Morgan fingerprint density at radius 3 is 2.43 bits per heavy atom. The van der Waals surface area contributed by atoms with Gasteiger partial charge in [0.05, 0.1) is 6.10 Å². The highest BCUT2D eigenvalue weighted by Crippen LogP contribution is 2.11. The zero-order valence-corrected chi connectivity index (χ0v) is 9.67. The van der Waals surface area contributed by atoms with Crippen molar-refractivity contribution in [2.75, 3.05) is 0 Å². The van der Waals surface area contributed by atoms with Gasteiger partial charge in [0, 0.05) is 0 Å². The molecule has 0 saturated carbocycles. The molecule has 1 N–H and O–H groups in total. The highest BCUT2D eigenvalue weighted by Gasteiger charge is 2.26. The van der Waals surface area contributed by atoms with E-state index in [0.717, 1.165) is 25.7 Å². The molecule has 0 amide bonds. The van der Waals surface area contributed by atoms with Crippen molar-refractivity contribution in [3.8, 4) is 0 Å². The molecule has 0 aliphatic carbocycles. The lowest BCUT2D eigenvalue weighted by Crippen LogP contribution is -2.35. The van der Waals surface area contributed by atoms with Crippen LogP contribution in [-0.2, 0) is 9.53 Å². The van der Waals surface area contributed by atoms with Gasteiger partial charge in [-0.25, -0.2) is 4.79 Å². The van der Waals surface area contributed by atoms with Crippen LogP contribution in [0.1, 0.15) is 53.4 Å². The van der Waals surface area contributed by atoms with Gasteiger partial charge in [-0.1, -0.05) is 19.8 Å². The van der Waals surface area contributed by atoms with Gasteiger partial charge in [-0.15, -0.1) is 0 Å². The molecule has 84 valence electrons. The number of rotatable bonds is 6. The molecular formula is C11H22O3. The van der Waals surface area contributed by atoms with Crippen LogP contribution in [0, 0.1) is 0 Å². The maximum Gasteiger partial charge on any atom is 0.337 e. The van der Waals surface area contributed by atoms with Crippen molar-refractivity contribution >= 4 is 5.97 Å². The Kier molecular flexibility index (Phi) is 5.77. The maximum atomic E-state index is 11.2. The first-order valence-electron chi connectivity index (χ1n) is 5.31. The number of hydrogen-bond acceptors (Lipinski definition) is 3. The van der Waals surface area contributed by atoms with Crippen molar-refractivity contribution < 1.29 is 14.6 Å². The average Bonchev–Trinajstić information content (AvgIpc) is 2.03. The van der Waals surface area contributed by atoms with Crippen molar-refractivity contribution in [1.82, 2.24) is 0 Å². The van der Waals surface area contributed by atoms with E-state index in [0.29, 0.717) is 0 Å². The lowest BCUT2D eigenvalue weighted by atomic mass is 10.1. The number of esters is 1. The van der Waals surface area contributed by atoms with E-state index in [1.807, 2.05) is 6.92 Å². The Bertz CT molecular complexity index is 170. The van der Waals surface area contributed by atoms with Crippen LogP contribution in [0.2, 0.25) is 0 Å². The minimum absolute atomic E-state index is 0.0968. The van der Waals surface area contributed by atoms with Crippen molar-refractivity contribution in [3.63, 3.8) is 0 Å². The number of carbonyl (C=O) groups is 1. The fourth-order valence-electron chi connectivity index (χ4n) is 1.07. The molecule has 3 heteroatoms. The van der Waals surface area contributed by atoms with E-state index >= 15 is 0 Å². The second-order valence-electron chi connectivity index (χ2n) is 4.27. The van der Waals surface area contributed by atoms with Crippen LogP contribution >= 0.6 is 0 Å². The molecule has 0 aromatic carbocycles. The largest absolute Gasteiger partial charge is 0.461 e. The predicted octanol–water partition coefficient (Wildman–Crippen LogP) is 2.27. The summed E-state index contributed by atoms with van der Waals surface area (Å²) >= 11 is 0. The van der Waals surface area contributed by atoms with E-state index in [1.54, 1.807) is 0 Å². The summed E-state index contributed by atoms with van der Waals surface area (Å²) in [6.07, 6.45) is 4.16. The molecule has 0 spiro atoms. The monoisotopic (exact) mass is 202 g/mol. The first-order valence-corrected chi connectivity index (χ1v) is 5.31. The molecule has 0 aromatic rings. The molecule has 0 aromatic heterocycles. The topological polar surface area (TPSA) is 46.5 Å². The maximum absolute atomic E-state index is 11.2. The lowest BCUT2D eigenvalue weighted by molar-refractivity contribution is -0.166. The first kappa shape index (κ1) is 13.4. The minimum Gasteiger partial charge on any atom is -0.461 e. The van der Waals surface area contributed by atoms with Crippen LogP contribution in [0.4, 0.5) is 0 Å². The van der Waals surface area contributed by atoms with Gasteiger partial charge in [0.25, 0.3) is 0 Å². The molecule has 0 aliphatic rings. The fraction of sp³-hybridized carbons (Fsp3) is 0.909. The fourth-order valence-corrected chi connectivity index (χ4v) is 1.07. The number of hydrogen-bond donors (Lipinski definition) is 1. The average molecular weight is 202 g/mol. The summed E-state index contributed by atoms with van der Waals surface area (Å²) in [4.78, 5) is 11.2. The van der Waals surface area contributed by atoms with E-state index in [9.17, 15) is 9.90 Å². The van der Waals surface area contributed by atoms with Crippen molar-refractivity contribution in [2.24, 2.45) is 0 Å². The van der Waals surface area contributed by atoms with Crippen LogP contribution in [-0.4, -0.2) is 22.8 Å². The van der Waals surface area contributed by atoms with E-state index < -0.39 is 11.6 Å². The highest BCUT2D eigenvalue weighted by atomic mass is 16.6. The molecule has 0 radical (unpaired) electrons. The quantitative estimate of drug-likeness (QED) is 0.531. The van der Waals surface area contributed by atoms with Crippen LogP contribution < -0.4 is 0 Å². The normalized spacial score (nSPS) is 13.8. The third kappa shape index (κ3) is 5.97. The van der Waals surface area contributed by atoms with Crippen molar-refractivity contribution in [1.29, 1.82) is 0 Å². The van der Waals surface area contributed by atoms with Crippen molar-refractivity contribution in [2.45, 2.75) is 65.1 Å². The van der Waals surface area contributed by atoms with Gasteiger partial charge in [0.2, 0.25) is 0 Å². The van der Waals surface area contributed by atoms with E-state index in [1.165, 1.54) is 13.8 Å². The molecule has 0 saturated heterocycles. The Morgan fingerprint density at radius 1 is 1.43 bits per heavy atom. The molecular weight excluding hydrogens is 180 g/mol. The van der Waals surface area contributed by atoms with Gasteiger partial charge in [-0.05, 0) is 33.6 Å². The molecule has 0 fully saturated rings. The molecule has 14 heavy (non-hydrogen) atoms. The third-order valence-electron chi connectivity index (χ3n) is 2.02. The molecule has 3 nitrogen and oxygen atoms in total. The van der Waals surface area contributed by atoms with Gasteiger partial charge in [0.1, 0.15) is 0 Å². The minimum atomic E-state index is -1.38. The summed E-state index contributed by atoms with van der Waals surface area (Å²) in [6, 6.07) is 0. The molecule has 0 bridgehead atoms. The van der Waals surface area contributed by atoms with Gasteiger partial charge < -0.3 is 9.84 Å². The van der Waals surface area contributed by atoms with Gasteiger partial charge in [0.15, 0.2) is 5.60 Å². The summed E-state index contributed by atoms with van der Waals surface area (Å²) < 4.78 is 5.07. The smallest absolute Gasteiger partial charge is 0.337 e. The van der Waals surface area contributed by atoms with Crippen LogP contribution in [0.3, 0.4) is 0 Å². The van der Waals surface area contributed by atoms with Gasteiger partial charge in [-0.2, -0.15) is 0 Å². The predicted molar refractivity (Wildman–Crippen MR) is 56.0 cm³/mol. The summed E-state index contributed by atoms with van der Waals surface area (Å²) in [7, 11) is 0. The highest BCUT2D eigenvalue weighted by molar-refractivity contribution is 5.78. The van der Waals surface area contributed by atoms with Crippen LogP contribution in [0.25, 0.3) is 0 Å². The summed E-state index contributed by atoms with van der Waals surface area (Å²) in [5.74, 6) is -0.540. The van der Waals surface area contributed by atoms with Gasteiger partial charge in [-0.3, -0.25) is 0 Å². The number of ether oxygens (including phenoxy) is 1. The van der Waals surface area contributed by atoms with Gasteiger partial charge >= 0.3 is 5.97 Å². The Balaban J connectivity index is 3.72. The number of carbonyl (C=O) groups excluding carboxylic acids is 1. The van der Waals surface area contributed by atoms with E-state index in [4.69, 9.17) is 4.74 Å². The molecule has 1 unspecified atom stereocenters. The number of unbranched alkanes of at least 4 members (excludes halogenated alkanes) is 2. The number of aliphatic hydroxyl groups is 1. The first-order chi connectivity index (χ1) is 6.38. The third-order valence-corrected chi connectivity index (χ3v) is 2.02. The van der Waals surface area contributed by atoms with E-state index in [-0.39, 0.29) is 6.10 Å². The van der Waals surface area contributed by atoms with E-state index in [2.05, 4.69) is 6.92 Å². The SMILES string of the molecule is CCCCCC(C)OC(=O)C(C)(C)O. The van der Waals surface area contributed by atoms with Crippen molar-refractivity contribution in [3.05, 3.63) is 0 Å². The second-order valence-corrected chi connectivity index (χ2v) is 4.27. The molecule has 1 atom stereocenters. The Hall–Kier alpha value is -0.570. The lowest BCUT2D eigenvalue weighted by Gasteiger charge is -2.19. The second kappa shape index (κ2) is 6.02. The zero-order valence-electron chi connectivity index (χ0n) is 9.67. The zero-order chi connectivity index (χ0) is 11.2. The Labute approximate surface area is 86.5 Å². The summed E-state index contributed by atoms with van der Waals surface area (Å²) in [5, 5.41) is 9.33. The molecule has 0 rings (SSSR count). The molecule has 0 heterocycles. The van der Waals surface area contributed by atoms with Crippen LogP contribution in [0.15, 0.2) is 0 Å². The molecule has 0 aliphatic heterocycles. The summed E-state index contributed by atoms with van der Waals surface area (Å²) in [6.45, 7) is 6.87. The summed E-state index contributed by atoms with van der Waals surface area (Å²) in [5.41, 5.74) is -1.38. The Morgan fingerprint density at radius 2 is 2.00 bits per heavy atom.